The van der Waals surface area contributed by atoms with Crippen molar-refractivity contribution in [3.63, 3.8) is 0 Å². The first kappa shape index (κ1) is 15.7. The molecule has 0 aromatic carbocycles. The SMILES string of the molecule is CCc1cc2c(cc3c(=O)n(CC(=O)NC(C)CC)ncn32)s1. The molecule has 0 saturated heterocycles. The van der Waals surface area contributed by atoms with Gasteiger partial charge in [-0.15, -0.1) is 11.3 Å². The number of amides is 1. The molecule has 0 fully saturated rings. The molecule has 0 spiro atoms. The van der Waals surface area contributed by atoms with Crippen LogP contribution >= 0.6 is 11.3 Å². The Morgan fingerprint density at radius 2 is 2.13 bits per heavy atom. The van der Waals surface area contributed by atoms with Crippen LogP contribution in [0.1, 0.15) is 32.1 Å². The molecule has 3 rings (SSSR count). The fourth-order valence-electron chi connectivity index (χ4n) is 2.49. The smallest absolute Gasteiger partial charge is 0.291 e. The number of hydrogen-bond donors (Lipinski definition) is 1. The van der Waals surface area contributed by atoms with Crippen molar-refractivity contribution < 1.29 is 4.79 Å². The Morgan fingerprint density at radius 1 is 1.35 bits per heavy atom. The van der Waals surface area contributed by atoms with Gasteiger partial charge in [0.2, 0.25) is 5.91 Å². The minimum absolute atomic E-state index is 0.0568. The number of carbonyl (C=O) groups is 1. The number of aryl methyl sites for hydroxylation is 1. The molecular formula is C16H20N4O2S. The molecule has 23 heavy (non-hydrogen) atoms. The Labute approximate surface area is 137 Å². The Balaban J connectivity index is 1.96. The second kappa shape index (κ2) is 6.16. The molecule has 3 aromatic heterocycles. The highest BCUT2D eigenvalue weighted by atomic mass is 32.1. The average Bonchev–Trinajstić information content (AvgIpc) is 3.07. The molecule has 1 unspecified atom stereocenters. The minimum Gasteiger partial charge on any atom is -0.352 e. The summed E-state index contributed by atoms with van der Waals surface area (Å²) in [4.78, 5) is 25.8. The lowest BCUT2D eigenvalue weighted by atomic mass is 10.2. The largest absolute Gasteiger partial charge is 0.352 e. The van der Waals surface area contributed by atoms with Crippen LogP contribution in [0.2, 0.25) is 0 Å². The second-order valence-electron chi connectivity index (χ2n) is 5.69. The van der Waals surface area contributed by atoms with Crippen LogP contribution in [0.4, 0.5) is 0 Å². The summed E-state index contributed by atoms with van der Waals surface area (Å²) in [6, 6.07) is 4.06. The molecule has 0 bridgehead atoms. The maximum atomic E-state index is 12.5. The van der Waals surface area contributed by atoms with Crippen molar-refractivity contribution in [3.05, 3.63) is 33.7 Å². The van der Waals surface area contributed by atoms with Crippen LogP contribution in [0.25, 0.3) is 15.7 Å². The van der Waals surface area contributed by atoms with E-state index in [1.807, 2.05) is 19.9 Å². The van der Waals surface area contributed by atoms with E-state index in [1.165, 1.54) is 9.56 Å². The lowest BCUT2D eigenvalue weighted by molar-refractivity contribution is -0.122. The van der Waals surface area contributed by atoms with Crippen LogP contribution < -0.4 is 10.9 Å². The van der Waals surface area contributed by atoms with Crippen molar-refractivity contribution in [2.24, 2.45) is 0 Å². The number of hydrogen-bond acceptors (Lipinski definition) is 4. The first-order valence-electron chi connectivity index (χ1n) is 7.82. The van der Waals surface area contributed by atoms with E-state index < -0.39 is 0 Å². The maximum absolute atomic E-state index is 12.5. The van der Waals surface area contributed by atoms with E-state index >= 15 is 0 Å². The molecule has 1 N–H and O–H groups in total. The molecule has 0 radical (unpaired) electrons. The Hall–Kier alpha value is -2.15. The van der Waals surface area contributed by atoms with Gasteiger partial charge < -0.3 is 5.32 Å². The molecule has 0 aliphatic carbocycles. The van der Waals surface area contributed by atoms with Crippen molar-refractivity contribution in [1.29, 1.82) is 0 Å². The molecule has 1 amide bonds. The van der Waals surface area contributed by atoms with Crippen molar-refractivity contribution in [1.82, 2.24) is 19.5 Å². The summed E-state index contributed by atoms with van der Waals surface area (Å²) in [5.41, 5.74) is 1.32. The summed E-state index contributed by atoms with van der Waals surface area (Å²) >= 11 is 1.69. The van der Waals surface area contributed by atoms with Gasteiger partial charge in [0.05, 0.1) is 10.2 Å². The third kappa shape index (κ3) is 2.88. The Kier molecular flexibility index (Phi) is 4.21. The second-order valence-corrected chi connectivity index (χ2v) is 6.85. The normalized spacial score (nSPS) is 12.8. The van der Waals surface area contributed by atoms with E-state index in [2.05, 4.69) is 23.4 Å². The molecule has 122 valence electrons. The van der Waals surface area contributed by atoms with Crippen molar-refractivity contribution in [3.8, 4) is 0 Å². The summed E-state index contributed by atoms with van der Waals surface area (Å²) in [6.07, 6.45) is 3.44. The van der Waals surface area contributed by atoms with E-state index in [0.29, 0.717) is 5.52 Å². The van der Waals surface area contributed by atoms with Crippen LogP contribution in [0.5, 0.6) is 0 Å². The lowest BCUT2D eigenvalue weighted by Crippen LogP contribution is -2.38. The maximum Gasteiger partial charge on any atom is 0.291 e. The first-order valence-corrected chi connectivity index (χ1v) is 8.64. The van der Waals surface area contributed by atoms with E-state index in [1.54, 1.807) is 22.1 Å². The van der Waals surface area contributed by atoms with Gasteiger partial charge in [-0.3, -0.25) is 14.0 Å². The van der Waals surface area contributed by atoms with Crippen LogP contribution in [-0.4, -0.2) is 26.1 Å². The van der Waals surface area contributed by atoms with Crippen molar-refractivity contribution in [2.75, 3.05) is 0 Å². The number of nitrogens with one attached hydrogen (secondary N) is 1. The topological polar surface area (TPSA) is 68.4 Å². The molecule has 6 nitrogen and oxygen atoms in total. The third-order valence-electron chi connectivity index (χ3n) is 4.00. The van der Waals surface area contributed by atoms with Gasteiger partial charge in [0.1, 0.15) is 18.4 Å². The Morgan fingerprint density at radius 3 is 2.83 bits per heavy atom. The summed E-state index contributed by atoms with van der Waals surface area (Å²) in [5, 5.41) is 6.99. The number of nitrogens with zero attached hydrogens (tertiary/aromatic N) is 3. The fraction of sp³-hybridized carbons (Fsp3) is 0.438. The first-order chi connectivity index (χ1) is 11.0. The van der Waals surface area contributed by atoms with E-state index in [0.717, 1.165) is 23.1 Å². The molecule has 0 aliphatic rings. The van der Waals surface area contributed by atoms with E-state index in [9.17, 15) is 9.59 Å². The number of thiophene rings is 1. The standard InChI is InChI=1S/C16H20N4O2S/c1-4-10(3)18-15(21)8-20-16(22)13-7-14-12(19(13)9-17-20)6-11(5-2)23-14/h6-7,9-10H,4-5,8H2,1-3H3,(H,18,21). The molecule has 7 heteroatoms. The van der Waals surface area contributed by atoms with Crippen LogP contribution in [-0.2, 0) is 17.8 Å². The van der Waals surface area contributed by atoms with Crippen LogP contribution in [0, 0.1) is 0 Å². The van der Waals surface area contributed by atoms with Gasteiger partial charge >= 0.3 is 0 Å². The van der Waals surface area contributed by atoms with Crippen LogP contribution in [0.15, 0.2) is 23.3 Å². The summed E-state index contributed by atoms with van der Waals surface area (Å²) in [7, 11) is 0. The van der Waals surface area contributed by atoms with E-state index in [4.69, 9.17) is 0 Å². The van der Waals surface area contributed by atoms with Gasteiger partial charge in [0.15, 0.2) is 0 Å². The average molecular weight is 332 g/mol. The molecule has 3 heterocycles. The molecule has 0 saturated carbocycles. The molecule has 3 aromatic rings. The van der Waals surface area contributed by atoms with Gasteiger partial charge in [0.25, 0.3) is 5.56 Å². The Bertz CT molecular complexity index is 921. The third-order valence-corrected chi connectivity index (χ3v) is 5.22. The van der Waals surface area contributed by atoms with Crippen molar-refractivity contribution >= 4 is 33.0 Å². The molecule has 0 aliphatic heterocycles. The number of rotatable bonds is 5. The predicted octanol–water partition coefficient (Wildman–Crippen LogP) is 2.19. The van der Waals surface area contributed by atoms with Gasteiger partial charge in [-0.1, -0.05) is 13.8 Å². The molecule has 1 atom stereocenters. The fourth-order valence-corrected chi connectivity index (χ4v) is 3.52. The number of fused-ring (bicyclic) bond motifs is 3. The highest BCUT2D eigenvalue weighted by Gasteiger charge is 2.14. The van der Waals surface area contributed by atoms with Gasteiger partial charge in [-0.05, 0) is 31.9 Å². The van der Waals surface area contributed by atoms with Crippen molar-refractivity contribution in [2.45, 2.75) is 46.2 Å². The summed E-state index contributed by atoms with van der Waals surface area (Å²) < 4.78 is 4.09. The quantitative estimate of drug-likeness (QED) is 0.779. The zero-order valence-corrected chi connectivity index (χ0v) is 14.3. The monoisotopic (exact) mass is 332 g/mol. The minimum atomic E-state index is -0.242. The zero-order valence-electron chi connectivity index (χ0n) is 13.5. The van der Waals surface area contributed by atoms with Gasteiger partial charge in [0, 0.05) is 10.9 Å². The lowest BCUT2D eigenvalue weighted by Gasteiger charge is -2.11. The highest BCUT2D eigenvalue weighted by molar-refractivity contribution is 7.19. The van der Waals surface area contributed by atoms with Gasteiger partial charge in [-0.25, -0.2) is 4.68 Å². The number of aromatic nitrogens is 3. The summed E-state index contributed by atoms with van der Waals surface area (Å²) in [6.45, 7) is 5.99. The van der Waals surface area contributed by atoms with E-state index in [-0.39, 0.29) is 24.1 Å². The number of carbonyl (C=O) groups excluding carboxylic acids is 1. The molecular weight excluding hydrogens is 312 g/mol. The predicted molar refractivity (Wildman–Crippen MR) is 92.1 cm³/mol. The zero-order chi connectivity index (χ0) is 16.6. The van der Waals surface area contributed by atoms with Gasteiger partial charge in [-0.2, -0.15) is 5.10 Å². The highest BCUT2D eigenvalue weighted by Crippen LogP contribution is 2.27. The van der Waals surface area contributed by atoms with Crippen LogP contribution in [0.3, 0.4) is 0 Å². The summed E-state index contributed by atoms with van der Waals surface area (Å²) in [5.74, 6) is -0.195.